The van der Waals surface area contributed by atoms with Crippen LogP contribution in [0, 0.1) is 19.8 Å². The van der Waals surface area contributed by atoms with Crippen LogP contribution in [0.3, 0.4) is 0 Å². The van der Waals surface area contributed by atoms with Crippen LogP contribution in [0.2, 0.25) is 0 Å². The predicted molar refractivity (Wildman–Crippen MR) is 115 cm³/mol. The summed E-state index contributed by atoms with van der Waals surface area (Å²) in [5.41, 5.74) is 4.06. The molecule has 1 N–H and O–H groups in total. The zero-order chi connectivity index (χ0) is 20.2. The highest BCUT2D eigenvalue weighted by Crippen LogP contribution is 2.25. The SMILES string of the molecule is Cc1cccc(NC(=O)C2CCN(c3ccc(-c4ccccc4C)nn3)CC2)n1. The zero-order valence-electron chi connectivity index (χ0n) is 16.8. The number of pyridine rings is 1. The second-order valence-electron chi connectivity index (χ2n) is 7.51. The van der Waals surface area contributed by atoms with Gasteiger partial charge in [0.05, 0.1) is 5.69 Å². The maximum Gasteiger partial charge on any atom is 0.228 e. The molecule has 0 radical (unpaired) electrons. The highest BCUT2D eigenvalue weighted by molar-refractivity contribution is 5.91. The first-order chi connectivity index (χ1) is 14.1. The van der Waals surface area contributed by atoms with E-state index in [1.165, 1.54) is 5.56 Å². The van der Waals surface area contributed by atoms with E-state index in [4.69, 9.17) is 0 Å². The van der Waals surface area contributed by atoms with Gasteiger partial charge in [-0.15, -0.1) is 10.2 Å². The second-order valence-corrected chi connectivity index (χ2v) is 7.51. The van der Waals surface area contributed by atoms with E-state index in [0.29, 0.717) is 5.82 Å². The summed E-state index contributed by atoms with van der Waals surface area (Å²) in [6.45, 7) is 5.57. The molecule has 3 heterocycles. The lowest BCUT2D eigenvalue weighted by Crippen LogP contribution is -2.38. The van der Waals surface area contributed by atoms with E-state index in [9.17, 15) is 4.79 Å². The van der Waals surface area contributed by atoms with Crippen molar-refractivity contribution in [2.24, 2.45) is 5.92 Å². The fourth-order valence-electron chi connectivity index (χ4n) is 3.71. The molecule has 6 heteroatoms. The third kappa shape index (κ3) is 4.42. The molecule has 0 unspecified atom stereocenters. The summed E-state index contributed by atoms with van der Waals surface area (Å²) >= 11 is 0. The Morgan fingerprint density at radius 3 is 2.45 bits per heavy atom. The minimum Gasteiger partial charge on any atom is -0.355 e. The molecule has 0 aliphatic carbocycles. The third-order valence-electron chi connectivity index (χ3n) is 5.40. The highest BCUT2D eigenvalue weighted by atomic mass is 16.1. The number of anilines is 2. The standard InChI is InChI=1S/C23H25N5O/c1-16-6-3-4-8-19(16)20-10-11-22(27-26-20)28-14-12-18(13-15-28)23(29)25-21-9-5-7-17(2)24-21/h3-11,18H,12-15H2,1-2H3,(H,24,25,29). The molecule has 1 saturated heterocycles. The van der Waals surface area contributed by atoms with Crippen molar-refractivity contribution in [1.29, 1.82) is 0 Å². The minimum atomic E-state index is -0.00670. The monoisotopic (exact) mass is 387 g/mol. The van der Waals surface area contributed by atoms with Gasteiger partial charge >= 0.3 is 0 Å². The Morgan fingerprint density at radius 1 is 0.966 bits per heavy atom. The molecule has 3 aromatic rings. The quantitative estimate of drug-likeness (QED) is 0.732. The molecule has 1 amide bonds. The van der Waals surface area contributed by atoms with E-state index in [1.807, 2.05) is 49.4 Å². The van der Waals surface area contributed by atoms with Crippen molar-refractivity contribution in [3.8, 4) is 11.3 Å². The number of benzene rings is 1. The van der Waals surface area contributed by atoms with Gasteiger partial charge in [-0.05, 0) is 56.5 Å². The Bertz CT molecular complexity index is 994. The third-order valence-corrected chi connectivity index (χ3v) is 5.40. The first kappa shape index (κ1) is 19.1. The largest absolute Gasteiger partial charge is 0.355 e. The number of carbonyl (C=O) groups excluding carboxylic acids is 1. The number of piperidine rings is 1. The summed E-state index contributed by atoms with van der Waals surface area (Å²) < 4.78 is 0. The van der Waals surface area contributed by atoms with Crippen LogP contribution in [0.15, 0.2) is 54.6 Å². The lowest BCUT2D eigenvalue weighted by atomic mass is 9.96. The number of aromatic nitrogens is 3. The maximum atomic E-state index is 12.6. The minimum absolute atomic E-state index is 0.00670. The summed E-state index contributed by atoms with van der Waals surface area (Å²) in [4.78, 5) is 19.1. The van der Waals surface area contributed by atoms with Gasteiger partial charge in [0.15, 0.2) is 5.82 Å². The molecule has 1 aliphatic heterocycles. The molecule has 2 aromatic heterocycles. The van der Waals surface area contributed by atoms with Crippen molar-refractivity contribution in [1.82, 2.24) is 15.2 Å². The Morgan fingerprint density at radius 2 is 1.76 bits per heavy atom. The van der Waals surface area contributed by atoms with Gasteiger partial charge in [0.1, 0.15) is 5.82 Å². The van der Waals surface area contributed by atoms with Crippen LogP contribution < -0.4 is 10.2 Å². The molecule has 0 bridgehead atoms. The smallest absolute Gasteiger partial charge is 0.228 e. The molecule has 4 rings (SSSR count). The molecule has 0 spiro atoms. The Balaban J connectivity index is 1.36. The van der Waals surface area contributed by atoms with E-state index in [2.05, 4.69) is 44.5 Å². The number of nitrogens with one attached hydrogen (secondary N) is 1. The Labute approximate surface area is 171 Å². The van der Waals surface area contributed by atoms with Crippen LogP contribution in [0.1, 0.15) is 24.1 Å². The number of rotatable bonds is 4. The first-order valence-electron chi connectivity index (χ1n) is 9.99. The van der Waals surface area contributed by atoms with Gasteiger partial charge in [-0.25, -0.2) is 4.98 Å². The molecule has 0 saturated carbocycles. The number of hydrogen-bond acceptors (Lipinski definition) is 5. The second kappa shape index (κ2) is 8.39. The van der Waals surface area contributed by atoms with Gasteiger partial charge < -0.3 is 10.2 Å². The summed E-state index contributed by atoms with van der Waals surface area (Å²) in [6, 6.07) is 17.9. The molecule has 1 aliphatic rings. The van der Waals surface area contributed by atoms with Gasteiger partial charge in [0, 0.05) is 30.3 Å². The van der Waals surface area contributed by atoms with Crippen molar-refractivity contribution in [3.05, 3.63) is 65.9 Å². The van der Waals surface area contributed by atoms with E-state index in [0.717, 1.165) is 48.7 Å². The lowest BCUT2D eigenvalue weighted by molar-refractivity contribution is -0.120. The summed E-state index contributed by atoms with van der Waals surface area (Å²) in [5, 5.41) is 11.8. The fraction of sp³-hybridized carbons (Fsp3) is 0.304. The maximum absolute atomic E-state index is 12.6. The normalized spacial score (nSPS) is 14.6. The fourth-order valence-corrected chi connectivity index (χ4v) is 3.71. The zero-order valence-corrected chi connectivity index (χ0v) is 16.8. The molecule has 29 heavy (non-hydrogen) atoms. The van der Waals surface area contributed by atoms with Crippen molar-refractivity contribution in [2.75, 3.05) is 23.3 Å². The van der Waals surface area contributed by atoms with Crippen LogP contribution in [0.25, 0.3) is 11.3 Å². The average molecular weight is 387 g/mol. The van der Waals surface area contributed by atoms with Gasteiger partial charge in [0.2, 0.25) is 5.91 Å². The molecule has 148 valence electrons. The summed E-state index contributed by atoms with van der Waals surface area (Å²) in [5.74, 6) is 1.52. The molecule has 0 atom stereocenters. The highest BCUT2D eigenvalue weighted by Gasteiger charge is 2.26. The number of nitrogens with zero attached hydrogens (tertiary/aromatic N) is 4. The van der Waals surface area contributed by atoms with Crippen molar-refractivity contribution >= 4 is 17.5 Å². The number of amides is 1. The molecule has 1 fully saturated rings. The molecular formula is C23H25N5O. The van der Waals surface area contributed by atoms with Gasteiger partial charge in [-0.2, -0.15) is 0 Å². The van der Waals surface area contributed by atoms with E-state index >= 15 is 0 Å². The summed E-state index contributed by atoms with van der Waals surface area (Å²) in [6.07, 6.45) is 1.58. The number of hydrogen-bond donors (Lipinski definition) is 1. The van der Waals surface area contributed by atoms with E-state index in [1.54, 1.807) is 0 Å². The van der Waals surface area contributed by atoms with Crippen LogP contribution in [-0.2, 0) is 4.79 Å². The van der Waals surface area contributed by atoms with Gasteiger partial charge in [0.25, 0.3) is 0 Å². The van der Waals surface area contributed by atoms with Gasteiger partial charge in [-0.3, -0.25) is 4.79 Å². The number of aryl methyl sites for hydroxylation is 2. The molecule has 6 nitrogen and oxygen atoms in total. The van der Waals surface area contributed by atoms with E-state index < -0.39 is 0 Å². The topological polar surface area (TPSA) is 71.0 Å². The van der Waals surface area contributed by atoms with Crippen LogP contribution in [-0.4, -0.2) is 34.2 Å². The number of carbonyl (C=O) groups is 1. The lowest BCUT2D eigenvalue weighted by Gasteiger charge is -2.31. The van der Waals surface area contributed by atoms with Crippen LogP contribution >= 0.6 is 0 Å². The predicted octanol–water partition coefficient (Wildman–Crippen LogP) is 4.01. The Hall–Kier alpha value is -3.28. The summed E-state index contributed by atoms with van der Waals surface area (Å²) in [7, 11) is 0. The van der Waals surface area contributed by atoms with Crippen molar-refractivity contribution in [3.63, 3.8) is 0 Å². The first-order valence-corrected chi connectivity index (χ1v) is 9.99. The van der Waals surface area contributed by atoms with Crippen molar-refractivity contribution in [2.45, 2.75) is 26.7 Å². The van der Waals surface area contributed by atoms with Gasteiger partial charge in [-0.1, -0.05) is 30.3 Å². The average Bonchev–Trinajstić information content (AvgIpc) is 2.74. The Kier molecular flexibility index (Phi) is 5.51. The molecule has 1 aromatic carbocycles. The van der Waals surface area contributed by atoms with Crippen LogP contribution in [0.5, 0.6) is 0 Å². The van der Waals surface area contributed by atoms with Crippen LogP contribution in [0.4, 0.5) is 11.6 Å². The van der Waals surface area contributed by atoms with Crippen molar-refractivity contribution < 1.29 is 4.79 Å². The van der Waals surface area contributed by atoms with E-state index in [-0.39, 0.29) is 11.8 Å². The molecular weight excluding hydrogens is 362 g/mol.